The summed E-state index contributed by atoms with van der Waals surface area (Å²) < 4.78 is 9.01. The molecule has 5 nitrogen and oxygen atoms in total. The minimum atomic E-state index is -0.0756. The molecule has 0 amide bonds. The average Bonchev–Trinajstić information content (AvgIpc) is 4.02. The maximum Gasteiger partial charge on any atom is 0.137 e. The Morgan fingerprint density at radius 2 is 1.22 bits per heavy atom. The van der Waals surface area contributed by atoms with Crippen molar-refractivity contribution in [3.05, 3.63) is 199 Å². The SMILES string of the molecule is CC(C)(C)c1ccc2c(c1)c1ccc(Oc3[c-]c(N4[CH-]N(c5c(-c6ccccc6)cccc5-c5ccccc5)c5ccccc54)ccc3)[c-]c1n2-c1cc(C(C)(C)C)c2ccsc2n1.[Pt]. The monoisotopic (exact) mass is 1040 g/mol. The van der Waals surface area contributed by atoms with Gasteiger partial charge in [-0.05, 0) is 74.2 Å². The Kier molecular flexibility index (Phi) is 10.8. The van der Waals surface area contributed by atoms with Gasteiger partial charge in [0.2, 0.25) is 0 Å². The molecule has 1 aliphatic heterocycles. The second kappa shape index (κ2) is 16.5. The minimum absolute atomic E-state index is 0. The van der Waals surface area contributed by atoms with Crippen LogP contribution in [0.1, 0.15) is 52.7 Å². The van der Waals surface area contributed by atoms with Gasteiger partial charge >= 0.3 is 0 Å². The van der Waals surface area contributed by atoms with Crippen LogP contribution in [0.4, 0.5) is 22.7 Å². The molecule has 3 aromatic heterocycles. The van der Waals surface area contributed by atoms with Crippen molar-refractivity contribution >= 4 is 66.1 Å². The number of para-hydroxylation sites is 3. The first-order chi connectivity index (χ1) is 31.0. The molecule has 7 aromatic carbocycles. The van der Waals surface area contributed by atoms with Crippen LogP contribution in [0.15, 0.2) is 169 Å². The summed E-state index contributed by atoms with van der Waals surface area (Å²) in [5, 5.41) is 5.62. The van der Waals surface area contributed by atoms with E-state index in [0.717, 1.165) is 72.1 Å². The van der Waals surface area contributed by atoms with Crippen molar-refractivity contribution in [2.24, 2.45) is 0 Å². The van der Waals surface area contributed by atoms with Gasteiger partial charge in [-0.15, -0.1) is 59.4 Å². The van der Waals surface area contributed by atoms with Gasteiger partial charge < -0.3 is 19.1 Å². The normalized spacial score (nSPS) is 12.8. The van der Waals surface area contributed by atoms with E-state index in [0.29, 0.717) is 11.5 Å². The van der Waals surface area contributed by atoms with Gasteiger partial charge in [0.25, 0.3) is 0 Å². The summed E-state index contributed by atoms with van der Waals surface area (Å²) in [5.74, 6) is 2.08. The first kappa shape index (κ1) is 42.5. The molecular formula is C58H47N4OPtS-3. The van der Waals surface area contributed by atoms with Crippen molar-refractivity contribution in [1.29, 1.82) is 0 Å². The van der Waals surface area contributed by atoms with Crippen LogP contribution in [0.25, 0.3) is 60.1 Å². The summed E-state index contributed by atoms with van der Waals surface area (Å²) in [7, 11) is 0. The number of thiophene rings is 1. The Hall–Kier alpha value is -6.46. The summed E-state index contributed by atoms with van der Waals surface area (Å²) in [6.45, 7) is 15.8. The number of hydrogen-bond donors (Lipinski definition) is 0. The molecule has 0 saturated heterocycles. The molecule has 0 fully saturated rings. The van der Waals surface area contributed by atoms with Crippen molar-refractivity contribution in [3.8, 4) is 39.6 Å². The van der Waals surface area contributed by atoms with Crippen molar-refractivity contribution in [2.75, 3.05) is 9.80 Å². The fourth-order valence-corrected chi connectivity index (χ4v) is 9.88. The molecular weight excluding hydrogens is 996 g/mol. The van der Waals surface area contributed by atoms with E-state index in [-0.39, 0.29) is 31.9 Å². The number of rotatable bonds is 7. The van der Waals surface area contributed by atoms with Gasteiger partial charge in [0, 0.05) is 71.7 Å². The Labute approximate surface area is 399 Å². The smallest absolute Gasteiger partial charge is 0.137 e. The number of aromatic nitrogens is 2. The zero-order valence-corrected chi connectivity index (χ0v) is 40.3. The number of pyridine rings is 1. The Morgan fingerprint density at radius 1 is 0.569 bits per heavy atom. The van der Waals surface area contributed by atoms with Gasteiger partial charge in [-0.1, -0.05) is 150 Å². The largest absolute Gasteiger partial charge is 0.509 e. The molecule has 65 heavy (non-hydrogen) atoms. The predicted molar refractivity (Wildman–Crippen MR) is 268 cm³/mol. The summed E-state index contributed by atoms with van der Waals surface area (Å²) >= 11 is 1.68. The number of hydrogen-bond acceptors (Lipinski definition) is 5. The van der Waals surface area contributed by atoms with Crippen LogP contribution >= 0.6 is 11.3 Å². The molecule has 0 bridgehead atoms. The van der Waals surface area contributed by atoms with Crippen LogP contribution < -0.4 is 14.5 Å². The molecule has 0 N–H and O–H groups in total. The van der Waals surface area contributed by atoms with E-state index in [1.807, 2.05) is 18.2 Å². The summed E-state index contributed by atoms with van der Waals surface area (Å²) in [4.78, 5) is 10.8. The molecule has 0 saturated carbocycles. The third-order valence-corrected chi connectivity index (χ3v) is 13.1. The molecule has 1 aliphatic rings. The maximum absolute atomic E-state index is 6.74. The number of ether oxygens (including phenoxy) is 1. The van der Waals surface area contributed by atoms with Gasteiger partial charge in [0.1, 0.15) is 10.6 Å². The van der Waals surface area contributed by atoms with E-state index in [4.69, 9.17) is 9.72 Å². The van der Waals surface area contributed by atoms with Crippen molar-refractivity contribution in [2.45, 2.75) is 52.4 Å². The first-order valence-corrected chi connectivity index (χ1v) is 22.7. The van der Waals surface area contributed by atoms with Crippen molar-refractivity contribution < 1.29 is 25.8 Å². The van der Waals surface area contributed by atoms with Gasteiger partial charge in [-0.3, -0.25) is 0 Å². The van der Waals surface area contributed by atoms with Gasteiger partial charge in [0.15, 0.2) is 0 Å². The second-order valence-electron chi connectivity index (χ2n) is 18.6. The Morgan fingerprint density at radius 3 is 1.89 bits per heavy atom. The van der Waals surface area contributed by atoms with E-state index in [2.05, 4.69) is 226 Å². The molecule has 10 aromatic rings. The van der Waals surface area contributed by atoms with E-state index in [9.17, 15) is 0 Å². The summed E-state index contributed by atoms with van der Waals surface area (Å²) in [6, 6.07) is 65.3. The first-order valence-electron chi connectivity index (χ1n) is 21.9. The van der Waals surface area contributed by atoms with Crippen LogP contribution in [0.2, 0.25) is 0 Å². The quantitative estimate of drug-likeness (QED) is 0.149. The Balaban J connectivity index is 0.00000498. The second-order valence-corrected chi connectivity index (χ2v) is 19.5. The number of benzene rings is 7. The average molecular weight is 1040 g/mol. The fraction of sp³-hybridized carbons (Fsp3) is 0.138. The topological polar surface area (TPSA) is 33.5 Å². The molecule has 7 heteroatoms. The molecule has 4 heterocycles. The van der Waals surface area contributed by atoms with E-state index < -0.39 is 0 Å². The summed E-state index contributed by atoms with van der Waals surface area (Å²) in [5.41, 5.74) is 13.2. The molecule has 324 valence electrons. The molecule has 0 spiro atoms. The third-order valence-electron chi connectivity index (χ3n) is 12.3. The Bertz CT molecular complexity index is 3320. The van der Waals surface area contributed by atoms with Gasteiger partial charge in [-0.25, -0.2) is 4.98 Å². The van der Waals surface area contributed by atoms with Crippen LogP contribution in [0.3, 0.4) is 0 Å². The molecule has 0 aliphatic carbocycles. The minimum Gasteiger partial charge on any atom is -0.509 e. The number of anilines is 4. The molecule has 11 rings (SSSR count). The van der Waals surface area contributed by atoms with Crippen LogP contribution in [0, 0.1) is 18.8 Å². The van der Waals surface area contributed by atoms with E-state index >= 15 is 0 Å². The number of fused-ring (bicyclic) bond motifs is 5. The zero-order valence-electron chi connectivity index (χ0n) is 37.2. The van der Waals surface area contributed by atoms with Crippen LogP contribution in [-0.2, 0) is 31.9 Å². The van der Waals surface area contributed by atoms with Crippen LogP contribution in [0.5, 0.6) is 11.5 Å². The number of nitrogens with zero attached hydrogens (tertiary/aromatic N) is 4. The van der Waals surface area contributed by atoms with Gasteiger partial charge in [-0.2, -0.15) is 12.1 Å². The fourth-order valence-electron chi connectivity index (χ4n) is 9.10. The van der Waals surface area contributed by atoms with Gasteiger partial charge in [0.05, 0.1) is 0 Å². The van der Waals surface area contributed by atoms with Crippen molar-refractivity contribution in [1.82, 2.24) is 9.55 Å². The summed E-state index contributed by atoms with van der Waals surface area (Å²) in [6.07, 6.45) is 0. The zero-order chi connectivity index (χ0) is 43.7. The maximum atomic E-state index is 6.74. The van der Waals surface area contributed by atoms with E-state index in [1.54, 1.807) is 11.3 Å². The third kappa shape index (κ3) is 7.63. The molecule has 0 atom stereocenters. The standard InChI is InChI=1S/C58H47N4OS.Pt/c1-57(2,3)40-27-30-50-48(33-40)46-29-28-43(35-53(46)62(50)54-36-49(58(4,5)6)47-31-32-64-56(47)59-54)63-42-22-15-21-41(34-42)60-37-61(52-26-14-13-25-51(52)60)55-44(38-17-9-7-10-18-38)23-16-24-45(55)39-19-11-8-12-20-39;/h7-33,36-37H,1-6H3;/q-3;. The van der Waals surface area contributed by atoms with E-state index in [1.165, 1.54) is 21.9 Å². The molecule has 0 unspecified atom stereocenters. The predicted octanol–water partition coefficient (Wildman–Crippen LogP) is 16.1. The molecule has 0 radical (unpaired) electrons. The van der Waals surface area contributed by atoms with Crippen molar-refractivity contribution in [3.63, 3.8) is 0 Å². The van der Waals surface area contributed by atoms with Crippen LogP contribution in [-0.4, -0.2) is 9.55 Å².